The fourth-order valence-corrected chi connectivity index (χ4v) is 3.87. The highest BCUT2D eigenvalue weighted by molar-refractivity contribution is 5.76. The molecular weight excluding hydrogens is 332 g/mol. The van der Waals surface area contributed by atoms with E-state index in [0.29, 0.717) is 18.9 Å². The van der Waals surface area contributed by atoms with Crippen molar-refractivity contribution in [3.05, 3.63) is 40.7 Å². The highest BCUT2D eigenvalue weighted by Gasteiger charge is 2.26. The average molecular weight is 356 g/mol. The molecule has 2 aliphatic heterocycles. The molecule has 26 heavy (non-hydrogen) atoms. The molecule has 1 unspecified atom stereocenters. The largest absolute Gasteiger partial charge is 0.353 e. The van der Waals surface area contributed by atoms with E-state index in [1.807, 2.05) is 23.1 Å². The maximum atomic E-state index is 12.7. The first-order chi connectivity index (χ1) is 12.7. The van der Waals surface area contributed by atoms with E-state index in [0.717, 1.165) is 57.1 Å². The molecule has 8 heteroatoms. The number of amides is 1. The van der Waals surface area contributed by atoms with Crippen molar-refractivity contribution in [3.63, 3.8) is 0 Å². The summed E-state index contributed by atoms with van der Waals surface area (Å²) < 4.78 is 1.70. The third-order valence-electron chi connectivity index (χ3n) is 5.44. The number of aryl methyl sites for hydroxylation is 1. The Bertz CT molecular complexity index is 807. The third-order valence-corrected chi connectivity index (χ3v) is 5.44. The summed E-state index contributed by atoms with van der Waals surface area (Å²) in [5.41, 5.74) is -0.141. The lowest BCUT2D eigenvalue weighted by Crippen LogP contribution is -2.49. The quantitative estimate of drug-likeness (QED) is 0.873. The first-order valence-corrected chi connectivity index (χ1v) is 9.28. The Morgan fingerprint density at radius 2 is 2.00 bits per heavy atom. The number of rotatable bonds is 3. The molecule has 1 saturated heterocycles. The number of carbonyl (C=O) groups is 1. The van der Waals surface area contributed by atoms with Crippen LogP contribution in [0.3, 0.4) is 0 Å². The summed E-state index contributed by atoms with van der Waals surface area (Å²) >= 11 is 0. The number of nitrogens with zero attached hydrogens (tertiary/aromatic N) is 5. The van der Waals surface area contributed by atoms with E-state index in [2.05, 4.69) is 20.1 Å². The van der Waals surface area contributed by atoms with Gasteiger partial charge in [0, 0.05) is 51.8 Å². The van der Waals surface area contributed by atoms with Crippen LogP contribution in [0.25, 0.3) is 0 Å². The SMILES string of the molecule is O=C(CC1CCc2n[nH]c(=O)n2CC1)N1CCN(c2ccccn2)CC1. The first-order valence-electron chi connectivity index (χ1n) is 9.28. The summed E-state index contributed by atoms with van der Waals surface area (Å²) in [4.78, 5) is 33.0. The summed E-state index contributed by atoms with van der Waals surface area (Å²) in [6, 6.07) is 5.91. The van der Waals surface area contributed by atoms with Gasteiger partial charge in [0.25, 0.3) is 0 Å². The monoisotopic (exact) mass is 356 g/mol. The number of anilines is 1. The van der Waals surface area contributed by atoms with Gasteiger partial charge in [-0.3, -0.25) is 9.36 Å². The highest BCUT2D eigenvalue weighted by atomic mass is 16.2. The van der Waals surface area contributed by atoms with Gasteiger partial charge in [-0.1, -0.05) is 6.07 Å². The number of carbonyl (C=O) groups excluding carboxylic acids is 1. The van der Waals surface area contributed by atoms with Crippen molar-refractivity contribution in [2.45, 2.75) is 32.2 Å². The zero-order valence-electron chi connectivity index (χ0n) is 14.8. The van der Waals surface area contributed by atoms with E-state index in [9.17, 15) is 9.59 Å². The molecule has 2 aromatic heterocycles. The highest BCUT2D eigenvalue weighted by Crippen LogP contribution is 2.22. The Morgan fingerprint density at radius 3 is 2.77 bits per heavy atom. The number of aromatic amines is 1. The lowest BCUT2D eigenvalue weighted by Gasteiger charge is -2.36. The fraction of sp³-hybridized carbons (Fsp3) is 0.556. The molecule has 1 N–H and O–H groups in total. The number of hydrogen-bond donors (Lipinski definition) is 1. The van der Waals surface area contributed by atoms with Crippen LogP contribution in [0.1, 0.15) is 25.1 Å². The lowest BCUT2D eigenvalue weighted by atomic mass is 9.96. The molecule has 1 atom stereocenters. The van der Waals surface area contributed by atoms with Crippen LogP contribution < -0.4 is 10.6 Å². The average Bonchev–Trinajstić information content (AvgIpc) is 2.91. The van der Waals surface area contributed by atoms with Crippen LogP contribution >= 0.6 is 0 Å². The van der Waals surface area contributed by atoms with Crippen molar-refractivity contribution in [2.75, 3.05) is 31.1 Å². The topological polar surface area (TPSA) is 87.1 Å². The Balaban J connectivity index is 1.29. The van der Waals surface area contributed by atoms with Crippen molar-refractivity contribution < 1.29 is 4.79 Å². The van der Waals surface area contributed by atoms with Crippen LogP contribution in [0.5, 0.6) is 0 Å². The Kier molecular flexibility index (Phi) is 4.73. The molecule has 2 aliphatic rings. The van der Waals surface area contributed by atoms with Crippen LogP contribution in [-0.4, -0.2) is 56.7 Å². The number of fused-ring (bicyclic) bond motifs is 1. The Morgan fingerprint density at radius 1 is 1.15 bits per heavy atom. The third kappa shape index (κ3) is 3.49. The van der Waals surface area contributed by atoms with Crippen LogP contribution in [-0.2, 0) is 17.8 Å². The second-order valence-electron chi connectivity index (χ2n) is 7.05. The lowest BCUT2D eigenvalue weighted by molar-refractivity contribution is -0.132. The van der Waals surface area contributed by atoms with E-state index >= 15 is 0 Å². The molecule has 0 spiro atoms. The first kappa shape index (κ1) is 16.8. The van der Waals surface area contributed by atoms with E-state index in [1.165, 1.54) is 0 Å². The molecule has 2 aromatic rings. The summed E-state index contributed by atoms with van der Waals surface area (Å²) in [7, 11) is 0. The Hall–Kier alpha value is -2.64. The molecular formula is C18H24N6O2. The number of hydrogen-bond acceptors (Lipinski definition) is 5. The van der Waals surface area contributed by atoms with Crippen molar-refractivity contribution >= 4 is 11.7 Å². The van der Waals surface area contributed by atoms with Crippen LogP contribution in [0.4, 0.5) is 5.82 Å². The molecule has 4 heterocycles. The number of nitrogens with one attached hydrogen (secondary N) is 1. The predicted molar refractivity (Wildman–Crippen MR) is 96.9 cm³/mol. The minimum atomic E-state index is -0.141. The van der Waals surface area contributed by atoms with Gasteiger partial charge < -0.3 is 9.80 Å². The number of aromatic nitrogens is 4. The maximum absolute atomic E-state index is 12.7. The number of pyridine rings is 1. The second kappa shape index (κ2) is 7.31. The van der Waals surface area contributed by atoms with Crippen molar-refractivity contribution in [2.24, 2.45) is 5.92 Å². The van der Waals surface area contributed by atoms with Gasteiger partial charge in [0.05, 0.1) is 0 Å². The molecule has 0 saturated carbocycles. The normalized spacial score (nSPS) is 20.5. The summed E-state index contributed by atoms with van der Waals surface area (Å²) in [5.74, 6) is 2.33. The predicted octanol–water partition coefficient (Wildman–Crippen LogP) is 0.658. The summed E-state index contributed by atoms with van der Waals surface area (Å²) in [6.45, 7) is 3.76. The van der Waals surface area contributed by atoms with Gasteiger partial charge in [-0.15, -0.1) is 0 Å². The molecule has 0 radical (unpaired) electrons. The number of piperazine rings is 1. The van der Waals surface area contributed by atoms with Crippen molar-refractivity contribution in [3.8, 4) is 0 Å². The standard InChI is InChI=1S/C18H24N6O2/c25-17(13-14-4-5-16-20-21-18(26)24(16)8-6-14)23-11-9-22(10-12-23)15-3-1-2-7-19-15/h1-3,7,14H,4-6,8-13H2,(H,21,26). The molecule has 1 amide bonds. The molecule has 0 aliphatic carbocycles. The number of H-pyrrole nitrogens is 1. The van der Waals surface area contributed by atoms with Gasteiger partial charge in [-0.05, 0) is 30.9 Å². The molecule has 138 valence electrons. The van der Waals surface area contributed by atoms with E-state index < -0.39 is 0 Å². The summed E-state index contributed by atoms with van der Waals surface area (Å²) in [5, 5.41) is 6.58. The van der Waals surface area contributed by atoms with Gasteiger partial charge in [0.15, 0.2) is 0 Å². The molecule has 0 bridgehead atoms. The van der Waals surface area contributed by atoms with E-state index in [-0.39, 0.29) is 11.6 Å². The molecule has 4 rings (SSSR count). The van der Waals surface area contributed by atoms with Gasteiger partial charge in [-0.25, -0.2) is 14.9 Å². The van der Waals surface area contributed by atoms with E-state index in [1.54, 1.807) is 10.8 Å². The second-order valence-corrected chi connectivity index (χ2v) is 7.05. The maximum Gasteiger partial charge on any atom is 0.343 e. The smallest absolute Gasteiger partial charge is 0.343 e. The van der Waals surface area contributed by atoms with Crippen LogP contribution in [0.2, 0.25) is 0 Å². The van der Waals surface area contributed by atoms with Crippen molar-refractivity contribution in [1.29, 1.82) is 0 Å². The van der Waals surface area contributed by atoms with Gasteiger partial charge in [-0.2, -0.15) is 5.10 Å². The fourth-order valence-electron chi connectivity index (χ4n) is 3.87. The van der Waals surface area contributed by atoms with Crippen LogP contribution in [0.15, 0.2) is 29.2 Å². The van der Waals surface area contributed by atoms with Crippen LogP contribution in [0, 0.1) is 5.92 Å². The van der Waals surface area contributed by atoms with Gasteiger partial charge >= 0.3 is 5.69 Å². The zero-order chi connectivity index (χ0) is 17.9. The minimum Gasteiger partial charge on any atom is -0.353 e. The summed E-state index contributed by atoms with van der Waals surface area (Å²) in [6.07, 6.45) is 4.88. The van der Waals surface area contributed by atoms with Gasteiger partial charge in [0.1, 0.15) is 11.6 Å². The van der Waals surface area contributed by atoms with Crippen molar-refractivity contribution in [1.82, 2.24) is 24.6 Å². The molecule has 0 aromatic carbocycles. The van der Waals surface area contributed by atoms with E-state index in [4.69, 9.17) is 0 Å². The molecule has 1 fully saturated rings. The minimum absolute atomic E-state index is 0.141. The van der Waals surface area contributed by atoms with Gasteiger partial charge in [0.2, 0.25) is 5.91 Å². The Labute approximate surface area is 151 Å². The zero-order valence-corrected chi connectivity index (χ0v) is 14.8. The molecule has 8 nitrogen and oxygen atoms in total.